The van der Waals surface area contributed by atoms with Crippen molar-refractivity contribution in [2.75, 3.05) is 26.8 Å². The average Bonchev–Trinajstić information content (AvgIpc) is 3.11. The number of halogens is 2. The second kappa shape index (κ2) is 7.43. The molecule has 0 bridgehead atoms. The van der Waals surface area contributed by atoms with Crippen LogP contribution in [0.3, 0.4) is 0 Å². The molecule has 1 aliphatic rings. The Labute approximate surface area is 153 Å². The molecule has 144 valence electrons. The summed E-state index contributed by atoms with van der Waals surface area (Å²) in [6.45, 7) is 0.260. The lowest BCUT2D eigenvalue weighted by Gasteiger charge is -2.39. The second-order valence-corrected chi connectivity index (χ2v) is 6.48. The van der Waals surface area contributed by atoms with E-state index in [9.17, 15) is 23.5 Å². The molecule has 1 fully saturated rings. The van der Waals surface area contributed by atoms with E-state index in [-0.39, 0.29) is 24.7 Å². The van der Waals surface area contributed by atoms with Gasteiger partial charge in [-0.1, -0.05) is 6.07 Å². The van der Waals surface area contributed by atoms with Crippen LogP contribution in [-0.4, -0.2) is 53.7 Å². The molecule has 1 aromatic carbocycles. The number of hydrogen-bond acceptors (Lipinski definition) is 5. The summed E-state index contributed by atoms with van der Waals surface area (Å²) < 4.78 is 37.8. The molecule has 0 radical (unpaired) electrons. The lowest BCUT2D eigenvalue weighted by atomic mass is 9.80. The maximum atomic E-state index is 13.9. The van der Waals surface area contributed by atoms with Gasteiger partial charge in [0.2, 0.25) is 5.89 Å². The highest BCUT2D eigenvalue weighted by molar-refractivity contribution is 5.93. The minimum Gasteiger partial charge on any atom is -0.481 e. The van der Waals surface area contributed by atoms with E-state index >= 15 is 0 Å². The van der Waals surface area contributed by atoms with Gasteiger partial charge in [0.05, 0.1) is 6.61 Å². The Hall–Kier alpha value is -2.81. The van der Waals surface area contributed by atoms with Crippen LogP contribution >= 0.6 is 0 Å². The van der Waals surface area contributed by atoms with Crippen LogP contribution in [0.4, 0.5) is 8.78 Å². The summed E-state index contributed by atoms with van der Waals surface area (Å²) in [5.41, 5.74) is -1.81. The monoisotopic (exact) mass is 380 g/mol. The van der Waals surface area contributed by atoms with E-state index in [1.54, 1.807) is 0 Å². The highest BCUT2D eigenvalue weighted by atomic mass is 19.1. The topological polar surface area (TPSA) is 92.9 Å². The molecule has 3 rings (SSSR count). The first-order chi connectivity index (χ1) is 12.9. The first-order valence-corrected chi connectivity index (χ1v) is 8.29. The Balaban J connectivity index is 1.85. The number of ether oxygens (including phenoxy) is 1. The maximum absolute atomic E-state index is 13.9. The Morgan fingerprint density at radius 1 is 1.37 bits per heavy atom. The van der Waals surface area contributed by atoms with Crippen molar-refractivity contribution in [2.24, 2.45) is 5.41 Å². The second-order valence-electron chi connectivity index (χ2n) is 6.48. The van der Waals surface area contributed by atoms with Crippen LogP contribution in [0.15, 0.2) is 28.9 Å². The summed E-state index contributed by atoms with van der Waals surface area (Å²) in [4.78, 5) is 29.7. The molecule has 0 saturated carbocycles. The van der Waals surface area contributed by atoms with Gasteiger partial charge in [0.1, 0.15) is 28.9 Å². The molecule has 1 amide bonds. The molecular weight excluding hydrogens is 362 g/mol. The number of benzene rings is 1. The van der Waals surface area contributed by atoms with Crippen molar-refractivity contribution in [1.29, 1.82) is 0 Å². The molecule has 9 heteroatoms. The van der Waals surface area contributed by atoms with E-state index in [1.165, 1.54) is 18.1 Å². The van der Waals surface area contributed by atoms with E-state index < -0.39 is 34.5 Å². The third kappa shape index (κ3) is 3.55. The molecule has 1 saturated heterocycles. The number of oxazole rings is 1. The smallest absolute Gasteiger partial charge is 0.313 e. The fourth-order valence-corrected chi connectivity index (χ4v) is 3.29. The normalized spacial score (nSPS) is 19.9. The van der Waals surface area contributed by atoms with Crippen LogP contribution in [-0.2, 0) is 9.53 Å². The molecule has 0 aliphatic carbocycles. The van der Waals surface area contributed by atoms with Gasteiger partial charge in [0, 0.05) is 20.2 Å². The number of nitrogens with zero attached hydrogens (tertiary/aromatic N) is 2. The predicted octanol–water partition coefficient (Wildman–Crippen LogP) is 2.57. The highest BCUT2D eigenvalue weighted by Gasteiger charge is 2.44. The van der Waals surface area contributed by atoms with E-state index in [0.717, 1.165) is 18.4 Å². The van der Waals surface area contributed by atoms with E-state index in [4.69, 9.17) is 9.15 Å². The van der Waals surface area contributed by atoms with Gasteiger partial charge >= 0.3 is 5.97 Å². The van der Waals surface area contributed by atoms with Gasteiger partial charge in [-0.05, 0) is 25.0 Å². The van der Waals surface area contributed by atoms with Gasteiger partial charge in [-0.15, -0.1) is 0 Å². The van der Waals surface area contributed by atoms with Gasteiger partial charge < -0.3 is 19.2 Å². The number of amides is 1. The van der Waals surface area contributed by atoms with Gasteiger partial charge in [-0.3, -0.25) is 9.59 Å². The largest absolute Gasteiger partial charge is 0.481 e. The quantitative estimate of drug-likeness (QED) is 0.857. The Kier molecular flexibility index (Phi) is 5.22. The van der Waals surface area contributed by atoms with E-state index in [1.807, 2.05) is 0 Å². The zero-order chi connectivity index (χ0) is 19.6. The summed E-state index contributed by atoms with van der Waals surface area (Å²) in [5, 5.41) is 9.57. The third-order valence-electron chi connectivity index (χ3n) is 4.64. The van der Waals surface area contributed by atoms with Crippen LogP contribution in [0.1, 0.15) is 23.3 Å². The standard InChI is InChI=1S/C18H18F2N2O5/c1-26-10-18(17(24)25)6-3-7-22(9-18)16(23)13-8-27-15(21-13)14-11(19)4-2-5-12(14)20/h2,4-5,8H,3,6-7,9-10H2,1H3,(H,24,25). The van der Waals surface area contributed by atoms with E-state index in [2.05, 4.69) is 4.98 Å². The maximum Gasteiger partial charge on any atom is 0.313 e. The Morgan fingerprint density at radius 2 is 2.07 bits per heavy atom. The lowest BCUT2D eigenvalue weighted by Crippen LogP contribution is -2.52. The van der Waals surface area contributed by atoms with Crippen molar-refractivity contribution >= 4 is 11.9 Å². The minimum absolute atomic E-state index is 0.0311. The summed E-state index contributed by atoms with van der Waals surface area (Å²) >= 11 is 0. The molecule has 2 heterocycles. The van der Waals surface area contributed by atoms with E-state index in [0.29, 0.717) is 19.4 Å². The number of carbonyl (C=O) groups excluding carboxylic acids is 1. The number of methoxy groups -OCH3 is 1. The summed E-state index contributed by atoms with van der Waals surface area (Å²) in [7, 11) is 1.40. The van der Waals surface area contributed by atoms with Crippen molar-refractivity contribution in [2.45, 2.75) is 12.8 Å². The molecule has 1 aliphatic heterocycles. The molecule has 1 aromatic heterocycles. The molecule has 2 aromatic rings. The molecule has 1 unspecified atom stereocenters. The van der Waals surface area contributed by atoms with Gasteiger partial charge in [0.15, 0.2) is 5.69 Å². The Morgan fingerprint density at radius 3 is 2.70 bits per heavy atom. The van der Waals surface area contributed by atoms with Crippen LogP contribution in [0, 0.1) is 17.0 Å². The number of aliphatic carboxylic acids is 1. The molecule has 1 atom stereocenters. The molecule has 1 N–H and O–H groups in total. The van der Waals surface area contributed by atoms with Crippen LogP contribution < -0.4 is 0 Å². The van der Waals surface area contributed by atoms with Crippen molar-refractivity contribution < 1.29 is 32.6 Å². The number of hydrogen-bond donors (Lipinski definition) is 1. The minimum atomic E-state index is -1.20. The van der Waals surface area contributed by atoms with Crippen molar-refractivity contribution in [3.63, 3.8) is 0 Å². The molecule has 7 nitrogen and oxygen atoms in total. The average molecular weight is 380 g/mol. The summed E-state index contributed by atoms with van der Waals surface area (Å²) in [5.74, 6) is -3.69. The molecule has 0 spiro atoms. The fourth-order valence-electron chi connectivity index (χ4n) is 3.29. The first kappa shape index (κ1) is 19.0. The number of piperidine rings is 1. The summed E-state index contributed by atoms with van der Waals surface area (Å²) in [6.07, 6.45) is 1.87. The van der Waals surface area contributed by atoms with Gasteiger partial charge in [-0.25, -0.2) is 13.8 Å². The number of carboxylic acid groups (broad SMARTS) is 1. The lowest BCUT2D eigenvalue weighted by molar-refractivity contribution is -0.155. The van der Waals surface area contributed by atoms with Crippen LogP contribution in [0.5, 0.6) is 0 Å². The van der Waals surface area contributed by atoms with Gasteiger partial charge in [-0.2, -0.15) is 0 Å². The highest BCUT2D eigenvalue weighted by Crippen LogP contribution is 2.32. The predicted molar refractivity (Wildman–Crippen MR) is 88.9 cm³/mol. The van der Waals surface area contributed by atoms with Crippen molar-refractivity contribution in [1.82, 2.24) is 9.88 Å². The van der Waals surface area contributed by atoms with Crippen LogP contribution in [0.2, 0.25) is 0 Å². The zero-order valence-corrected chi connectivity index (χ0v) is 14.6. The molecule has 27 heavy (non-hydrogen) atoms. The van der Waals surface area contributed by atoms with Gasteiger partial charge in [0.25, 0.3) is 5.91 Å². The van der Waals surface area contributed by atoms with Crippen molar-refractivity contribution in [3.8, 4) is 11.5 Å². The van der Waals surface area contributed by atoms with Crippen LogP contribution in [0.25, 0.3) is 11.5 Å². The number of rotatable bonds is 5. The number of carbonyl (C=O) groups is 2. The van der Waals surface area contributed by atoms with Crippen molar-refractivity contribution in [3.05, 3.63) is 41.8 Å². The number of aromatic nitrogens is 1. The summed E-state index contributed by atoms with van der Waals surface area (Å²) in [6, 6.07) is 3.32. The third-order valence-corrected chi connectivity index (χ3v) is 4.64. The SMILES string of the molecule is COCC1(C(=O)O)CCCN(C(=O)c2coc(-c3c(F)cccc3F)n2)C1. The number of likely N-dealkylation sites (tertiary alicyclic amines) is 1. The Bertz CT molecular complexity index is 845. The zero-order valence-electron chi connectivity index (χ0n) is 14.6. The number of carboxylic acids is 1. The molecular formula is C18H18F2N2O5. The first-order valence-electron chi connectivity index (χ1n) is 8.29. The fraction of sp³-hybridized carbons (Fsp3) is 0.389.